The number of para-hydroxylation sites is 1. The molecular formula is C28H36N4O2S. The zero-order chi connectivity index (χ0) is 24.2. The first-order valence-electron chi connectivity index (χ1n) is 13.0. The van der Waals surface area contributed by atoms with Crippen molar-refractivity contribution in [2.24, 2.45) is 11.8 Å². The molecule has 0 unspecified atom stereocenters. The highest BCUT2D eigenvalue weighted by molar-refractivity contribution is 7.16. The van der Waals surface area contributed by atoms with Gasteiger partial charge in [-0.1, -0.05) is 25.1 Å². The van der Waals surface area contributed by atoms with Crippen LogP contribution in [0.4, 0.5) is 0 Å². The van der Waals surface area contributed by atoms with Crippen molar-refractivity contribution < 1.29 is 9.59 Å². The van der Waals surface area contributed by atoms with Crippen LogP contribution < -0.4 is 5.32 Å². The Balaban J connectivity index is 1.08. The minimum atomic E-state index is 0.0131. The van der Waals surface area contributed by atoms with Crippen molar-refractivity contribution in [3.05, 3.63) is 53.5 Å². The van der Waals surface area contributed by atoms with Crippen LogP contribution >= 0.6 is 11.3 Å². The van der Waals surface area contributed by atoms with E-state index < -0.39 is 0 Å². The van der Waals surface area contributed by atoms with Crippen LogP contribution in [-0.4, -0.2) is 65.4 Å². The first kappa shape index (κ1) is 24.1. The Bertz CT molecular complexity index is 1160. The Labute approximate surface area is 211 Å². The lowest BCUT2D eigenvalue weighted by molar-refractivity contribution is -0.126. The number of rotatable bonds is 7. The Morgan fingerprint density at radius 3 is 2.69 bits per heavy atom. The van der Waals surface area contributed by atoms with E-state index in [-0.39, 0.29) is 17.7 Å². The third kappa shape index (κ3) is 5.62. The number of nitrogens with one attached hydrogen (secondary N) is 1. The number of amides is 2. The summed E-state index contributed by atoms with van der Waals surface area (Å²) in [5, 5.41) is 5.38. The molecule has 1 N–H and O–H groups in total. The molecule has 35 heavy (non-hydrogen) atoms. The molecule has 186 valence electrons. The van der Waals surface area contributed by atoms with E-state index in [2.05, 4.69) is 46.1 Å². The highest BCUT2D eigenvalue weighted by atomic mass is 32.1. The van der Waals surface area contributed by atoms with Gasteiger partial charge in [0.15, 0.2) is 0 Å². The summed E-state index contributed by atoms with van der Waals surface area (Å²) in [5.74, 6) is 1.04. The molecule has 2 amide bonds. The van der Waals surface area contributed by atoms with Crippen LogP contribution in [0.25, 0.3) is 15.9 Å². The molecule has 0 spiro atoms. The van der Waals surface area contributed by atoms with Crippen LogP contribution in [0.1, 0.15) is 48.7 Å². The maximum Gasteiger partial charge on any atom is 0.263 e. The summed E-state index contributed by atoms with van der Waals surface area (Å²) in [6.45, 7) is 7.80. The summed E-state index contributed by atoms with van der Waals surface area (Å²) in [5.41, 5.74) is 1.14. The predicted octanol–water partition coefficient (Wildman–Crippen LogP) is 4.78. The molecule has 0 bridgehead atoms. The monoisotopic (exact) mass is 492 g/mol. The van der Waals surface area contributed by atoms with Crippen LogP contribution in [0.2, 0.25) is 0 Å². The number of likely N-dealkylation sites (tertiary alicyclic amines) is 2. The summed E-state index contributed by atoms with van der Waals surface area (Å²) in [6.07, 6.45) is 7.17. The van der Waals surface area contributed by atoms with E-state index in [4.69, 9.17) is 0 Å². The zero-order valence-corrected chi connectivity index (χ0v) is 21.4. The topological polar surface area (TPSA) is 57.6 Å². The van der Waals surface area contributed by atoms with Gasteiger partial charge in [0, 0.05) is 38.3 Å². The standard InChI is InChI=1S/C28H36N4O2S/c1-21-6-4-15-30(20-21)16-5-14-29-27(33)23-11-17-31(18-12-23)28(34)25-9-10-26(35-25)32-19-13-22-7-2-3-8-24(22)32/h2-3,7-10,13,19,21,23H,4-6,11-12,14-18,20H2,1H3,(H,29,33)/t21-/m0/s1. The van der Waals surface area contributed by atoms with E-state index in [1.54, 1.807) is 0 Å². The van der Waals surface area contributed by atoms with Crippen LogP contribution in [-0.2, 0) is 4.79 Å². The second kappa shape index (κ2) is 11.0. The summed E-state index contributed by atoms with van der Waals surface area (Å²) in [4.78, 5) is 31.0. The summed E-state index contributed by atoms with van der Waals surface area (Å²) >= 11 is 1.53. The fraction of sp³-hybridized carbons (Fsp3) is 0.500. The fourth-order valence-corrected chi connectivity index (χ4v) is 6.47. The van der Waals surface area contributed by atoms with Crippen molar-refractivity contribution in [3.8, 4) is 5.00 Å². The van der Waals surface area contributed by atoms with Crippen molar-refractivity contribution in [1.82, 2.24) is 19.7 Å². The van der Waals surface area contributed by atoms with Gasteiger partial charge in [0.05, 0.1) is 10.4 Å². The Morgan fingerprint density at radius 1 is 1.03 bits per heavy atom. The molecule has 2 saturated heterocycles. The van der Waals surface area contributed by atoms with Gasteiger partial charge in [-0.2, -0.15) is 0 Å². The van der Waals surface area contributed by atoms with Gasteiger partial charge in [0.25, 0.3) is 5.91 Å². The minimum Gasteiger partial charge on any atom is -0.356 e. The van der Waals surface area contributed by atoms with Crippen LogP contribution in [0, 0.1) is 11.8 Å². The first-order valence-corrected chi connectivity index (χ1v) is 13.9. The third-order valence-electron chi connectivity index (χ3n) is 7.48. The van der Waals surface area contributed by atoms with Crippen LogP contribution in [0.5, 0.6) is 0 Å². The molecular weight excluding hydrogens is 456 g/mol. The number of nitrogens with zero attached hydrogens (tertiary/aromatic N) is 3. The summed E-state index contributed by atoms with van der Waals surface area (Å²) in [7, 11) is 0. The number of aromatic nitrogens is 1. The molecule has 1 aromatic carbocycles. The maximum absolute atomic E-state index is 13.1. The van der Waals surface area contributed by atoms with E-state index in [0.717, 1.165) is 53.7 Å². The molecule has 0 aliphatic carbocycles. The molecule has 6 nitrogen and oxygen atoms in total. The van der Waals surface area contributed by atoms with Crippen molar-refractivity contribution in [1.29, 1.82) is 0 Å². The average molecular weight is 493 g/mol. The van der Waals surface area contributed by atoms with Gasteiger partial charge in [-0.05, 0) is 80.8 Å². The molecule has 2 aliphatic heterocycles. The van der Waals surface area contributed by atoms with E-state index in [1.807, 2.05) is 29.2 Å². The van der Waals surface area contributed by atoms with Gasteiger partial charge in [0.2, 0.25) is 5.91 Å². The number of carbonyl (C=O) groups is 2. The second-order valence-electron chi connectivity index (χ2n) is 10.1. The average Bonchev–Trinajstić information content (AvgIpc) is 3.53. The van der Waals surface area contributed by atoms with E-state index >= 15 is 0 Å². The number of fused-ring (bicyclic) bond motifs is 1. The van der Waals surface area contributed by atoms with Gasteiger partial charge in [-0.3, -0.25) is 9.59 Å². The summed E-state index contributed by atoms with van der Waals surface area (Å²) in [6, 6.07) is 14.3. The Hall–Kier alpha value is -2.64. The SMILES string of the molecule is C[C@H]1CCCN(CCCNC(=O)C2CCN(C(=O)c3ccc(-n4ccc5ccccc54)s3)CC2)C1. The van der Waals surface area contributed by atoms with Crippen molar-refractivity contribution in [2.75, 3.05) is 39.3 Å². The van der Waals surface area contributed by atoms with Crippen molar-refractivity contribution in [3.63, 3.8) is 0 Å². The number of carbonyl (C=O) groups excluding carboxylic acids is 2. The molecule has 2 aromatic heterocycles. The summed E-state index contributed by atoms with van der Waals surface area (Å²) < 4.78 is 2.14. The fourth-order valence-electron chi connectivity index (χ4n) is 5.50. The quantitative estimate of drug-likeness (QED) is 0.483. The predicted molar refractivity (Wildman–Crippen MR) is 142 cm³/mol. The van der Waals surface area contributed by atoms with Gasteiger partial charge in [-0.15, -0.1) is 11.3 Å². The van der Waals surface area contributed by atoms with Crippen LogP contribution in [0.3, 0.4) is 0 Å². The Morgan fingerprint density at radius 2 is 1.86 bits per heavy atom. The highest BCUT2D eigenvalue weighted by Crippen LogP contribution is 2.28. The van der Waals surface area contributed by atoms with E-state index in [9.17, 15) is 9.59 Å². The lowest BCUT2D eigenvalue weighted by Crippen LogP contribution is -2.43. The lowest BCUT2D eigenvalue weighted by Gasteiger charge is -2.32. The molecule has 1 atom stereocenters. The van der Waals surface area contributed by atoms with Gasteiger partial charge in [-0.25, -0.2) is 0 Å². The molecule has 2 aliphatic rings. The number of hydrogen-bond donors (Lipinski definition) is 1. The number of thiophene rings is 1. The largest absolute Gasteiger partial charge is 0.356 e. The van der Waals surface area contributed by atoms with Crippen molar-refractivity contribution in [2.45, 2.75) is 39.0 Å². The molecule has 4 heterocycles. The maximum atomic E-state index is 13.1. The normalized spacial score (nSPS) is 19.8. The molecule has 3 aromatic rings. The number of benzene rings is 1. The highest BCUT2D eigenvalue weighted by Gasteiger charge is 2.28. The van der Waals surface area contributed by atoms with Crippen LogP contribution in [0.15, 0.2) is 48.7 Å². The lowest BCUT2D eigenvalue weighted by atomic mass is 9.95. The Kier molecular flexibility index (Phi) is 7.54. The second-order valence-corrected chi connectivity index (χ2v) is 11.2. The van der Waals surface area contributed by atoms with E-state index in [0.29, 0.717) is 13.1 Å². The third-order valence-corrected chi connectivity index (χ3v) is 8.56. The first-order chi connectivity index (χ1) is 17.1. The van der Waals surface area contributed by atoms with Gasteiger partial charge in [0.1, 0.15) is 5.00 Å². The molecule has 5 rings (SSSR count). The molecule has 0 radical (unpaired) electrons. The molecule has 7 heteroatoms. The zero-order valence-electron chi connectivity index (χ0n) is 20.6. The molecule has 0 saturated carbocycles. The number of hydrogen-bond acceptors (Lipinski definition) is 4. The van der Waals surface area contributed by atoms with Gasteiger partial charge >= 0.3 is 0 Å². The van der Waals surface area contributed by atoms with E-state index in [1.165, 1.54) is 42.7 Å². The number of piperidine rings is 2. The molecule has 2 fully saturated rings. The smallest absolute Gasteiger partial charge is 0.263 e. The van der Waals surface area contributed by atoms with Crippen molar-refractivity contribution >= 4 is 34.1 Å². The van der Waals surface area contributed by atoms with Gasteiger partial charge < -0.3 is 19.7 Å². The minimum absolute atomic E-state index is 0.0131.